The lowest BCUT2D eigenvalue weighted by molar-refractivity contribution is 0.0520. The van der Waals surface area contributed by atoms with Crippen LogP contribution >= 0.6 is 0 Å². The van der Waals surface area contributed by atoms with Gasteiger partial charge in [-0.2, -0.15) is 0 Å². The fraction of sp³-hybridized carbons (Fsp3) is 0.294. The van der Waals surface area contributed by atoms with E-state index in [9.17, 15) is 14.7 Å². The zero-order valence-electron chi connectivity index (χ0n) is 13.4. The van der Waals surface area contributed by atoms with Crippen molar-refractivity contribution in [3.05, 3.63) is 46.3 Å². The van der Waals surface area contributed by atoms with E-state index in [0.29, 0.717) is 16.7 Å². The number of allylic oxidation sites excluding steroid dienone is 1. The van der Waals surface area contributed by atoms with Crippen molar-refractivity contribution in [3.8, 4) is 11.5 Å². The molecule has 1 heterocycles. The molecule has 1 aromatic heterocycles. The van der Waals surface area contributed by atoms with Crippen molar-refractivity contribution in [1.29, 1.82) is 0 Å². The minimum Gasteiger partial charge on any atom is -0.506 e. The van der Waals surface area contributed by atoms with E-state index in [1.165, 1.54) is 11.7 Å². The Labute approximate surface area is 133 Å². The van der Waals surface area contributed by atoms with Gasteiger partial charge >= 0.3 is 5.97 Å². The van der Waals surface area contributed by atoms with Crippen LogP contribution in [0, 0.1) is 6.92 Å². The average Bonchev–Trinajstić information content (AvgIpc) is 2.51. The van der Waals surface area contributed by atoms with Gasteiger partial charge in [0.05, 0.1) is 19.2 Å². The molecule has 0 atom stereocenters. The molecule has 6 nitrogen and oxygen atoms in total. The molecule has 6 heteroatoms. The molecule has 2 rings (SSSR count). The summed E-state index contributed by atoms with van der Waals surface area (Å²) in [6, 6.07) is 3.33. The molecular weight excluding hydrogens is 298 g/mol. The number of hydrogen-bond donors (Lipinski definition) is 1. The largest absolute Gasteiger partial charge is 0.506 e. The highest BCUT2D eigenvalue weighted by Gasteiger charge is 2.23. The fourth-order valence-corrected chi connectivity index (χ4v) is 2.48. The number of carbonyl (C=O) groups excluding carboxylic acids is 1. The second kappa shape index (κ2) is 6.56. The number of fused-ring (bicyclic) bond motifs is 1. The van der Waals surface area contributed by atoms with Crippen LogP contribution in [-0.4, -0.2) is 29.4 Å². The Morgan fingerprint density at radius 2 is 2.13 bits per heavy atom. The number of aromatic nitrogens is 1. The summed E-state index contributed by atoms with van der Waals surface area (Å²) in [5.41, 5.74) is 0.310. The molecule has 0 bridgehead atoms. The van der Waals surface area contributed by atoms with Gasteiger partial charge in [0, 0.05) is 11.9 Å². The first kappa shape index (κ1) is 16.6. The van der Waals surface area contributed by atoms with Crippen LogP contribution in [0.25, 0.3) is 10.9 Å². The van der Waals surface area contributed by atoms with Crippen molar-refractivity contribution < 1.29 is 19.4 Å². The lowest BCUT2D eigenvalue weighted by Gasteiger charge is -2.15. The van der Waals surface area contributed by atoms with Crippen molar-refractivity contribution in [2.75, 3.05) is 13.7 Å². The molecule has 0 radical (unpaired) electrons. The van der Waals surface area contributed by atoms with Crippen LogP contribution in [0.4, 0.5) is 0 Å². The maximum Gasteiger partial charge on any atom is 0.347 e. The third-order valence-electron chi connectivity index (χ3n) is 3.55. The van der Waals surface area contributed by atoms with Gasteiger partial charge in [-0.3, -0.25) is 4.79 Å². The molecule has 122 valence electrons. The third-order valence-corrected chi connectivity index (χ3v) is 3.55. The number of hydrogen-bond acceptors (Lipinski definition) is 5. The van der Waals surface area contributed by atoms with Crippen LogP contribution in [0.3, 0.4) is 0 Å². The van der Waals surface area contributed by atoms with Gasteiger partial charge in [0.2, 0.25) is 0 Å². The summed E-state index contributed by atoms with van der Waals surface area (Å²) in [4.78, 5) is 24.7. The van der Waals surface area contributed by atoms with Crippen LogP contribution < -0.4 is 10.3 Å². The Bertz CT molecular complexity index is 835. The first-order valence-electron chi connectivity index (χ1n) is 7.18. The van der Waals surface area contributed by atoms with E-state index < -0.39 is 17.3 Å². The van der Waals surface area contributed by atoms with Gasteiger partial charge in [-0.1, -0.05) is 6.08 Å². The Balaban J connectivity index is 2.93. The van der Waals surface area contributed by atoms with E-state index in [0.717, 1.165) is 5.56 Å². The van der Waals surface area contributed by atoms with Crippen LogP contribution in [0.5, 0.6) is 11.5 Å². The molecule has 0 saturated heterocycles. The van der Waals surface area contributed by atoms with Gasteiger partial charge in [-0.05, 0) is 31.5 Å². The molecule has 2 aromatic rings. The Morgan fingerprint density at radius 1 is 1.43 bits per heavy atom. The van der Waals surface area contributed by atoms with Crippen LogP contribution in [0.15, 0.2) is 29.6 Å². The third kappa shape index (κ3) is 2.79. The molecule has 0 unspecified atom stereocenters. The molecule has 23 heavy (non-hydrogen) atoms. The number of nitrogens with zero attached hydrogens (tertiary/aromatic N) is 1. The van der Waals surface area contributed by atoms with Crippen molar-refractivity contribution in [2.24, 2.45) is 0 Å². The minimum atomic E-state index is -0.853. The molecule has 1 N–H and O–H groups in total. The van der Waals surface area contributed by atoms with Gasteiger partial charge in [-0.25, -0.2) is 4.79 Å². The second-order valence-corrected chi connectivity index (χ2v) is 4.99. The van der Waals surface area contributed by atoms with E-state index in [1.54, 1.807) is 25.1 Å². The van der Waals surface area contributed by atoms with Crippen molar-refractivity contribution in [2.45, 2.75) is 20.4 Å². The van der Waals surface area contributed by atoms with E-state index in [1.807, 2.05) is 6.92 Å². The van der Waals surface area contributed by atoms with Gasteiger partial charge in [0.1, 0.15) is 11.5 Å². The summed E-state index contributed by atoms with van der Waals surface area (Å²) in [7, 11) is 1.51. The van der Waals surface area contributed by atoms with E-state index >= 15 is 0 Å². The summed E-state index contributed by atoms with van der Waals surface area (Å²) < 4.78 is 11.5. The number of aryl methyl sites for hydroxylation is 1. The number of pyridine rings is 1. The van der Waals surface area contributed by atoms with Crippen LogP contribution in [0.2, 0.25) is 0 Å². The van der Waals surface area contributed by atoms with E-state index in [4.69, 9.17) is 9.47 Å². The smallest absolute Gasteiger partial charge is 0.347 e. The number of carbonyl (C=O) groups is 1. The van der Waals surface area contributed by atoms with E-state index in [-0.39, 0.29) is 18.7 Å². The van der Waals surface area contributed by atoms with Crippen molar-refractivity contribution in [3.63, 3.8) is 0 Å². The Morgan fingerprint density at radius 3 is 2.70 bits per heavy atom. The molecule has 0 saturated carbocycles. The van der Waals surface area contributed by atoms with Crippen LogP contribution in [-0.2, 0) is 11.3 Å². The second-order valence-electron chi connectivity index (χ2n) is 4.99. The predicted molar refractivity (Wildman–Crippen MR) is 87.3 cm³/mol. The predicted octanol–water partition coefficient (Wildman–Crippen LogP) is 2.39. The summed E-state index contributed by atoms with van der Waals surface area (Å²) in [5, 5.41) is 10.8. The standard InChI is InChI=1S/C17H19NO5/c1-5-7-18-12-8-10(3)13(22-4)9-11(12)15(19)14(16(18)20)17(21)23-6-2/h5,8-9,19H,1,6-7H2,2-4H3. The lowest BCUT2D eigenvalue weighted by Crippen LogP contribution is -2.27. The summed E-state index contributed by atoms with van der Waals surface area (Å²) >= 11 is 0. The van der Waals surface area contributed by atoms with Gasteiger partial charge in [-0.15, -0.1) is 6.58 Å². The van der Waals surface area contributed by atoms with Gasteiger partial charge < -0.3 is 19.1 Å². The highest BCUT2D eigenvalue weighted by molar-refractivity contribution is 6.00. The molecular formula is C17H19NO5. The zero-order valence-corrected chi connectivity index (χ0v) is 13.4. The zero-order chi connectivity index (χ0) is 17.1. The maximum atomic E-state index is 12.6. The number of benzene rings is 1. The average molecular weight is 317 g/mol. The first-order valence-corrected chi connectivity index (χ1v) is 7.18. The number of rotatable bonds is 5. The Hall–Kier alpha value is -2.76. The van der Waals surface area contributed by atoms with Gasteiger partial charge in [0.25, 0.3) is 5.56 Å². The minimum absolute atomic E-state index is 0.106. The topological polar surface area (TPSA) is 77.8 Å². The SMILES string of the molecule is C=CCn1c(=O)c(C(=O)OCC)c(O)c2cc(OC)c(C)cc21. The van der Waals surface area contributed by atoms with Crippen LogP contribution in [0.1, 0.15) is 22.8 Å². The number of aromatic hydroxyl groups is 1. The highest BCUT2D eigenvalue weighted by Crippen LogP contribution is 2.32. The number of esters is 1. The lowest BCUT2D eigenvalue weighted by atomic mass is 10.1. The number of ether oxygens (including phenoxy) is 2. The summed E-state index contributed by atoms with van der Waals surface area (Å²) in [6.45, 7) is 7.40. The first-order chi connectivity index (χ1) is 11.0. The fourth-order valence-electron chi connectivity index (χ4n) is 2.48. The summed E-state index contributed by atoms with van der Waals surface area (Å²) in [5.74, 6) is -0.706. The molecule has 0 aliphatic rings. The highest BCUT2D eigenvalue weighted by atomic mass is 16.5. The molecule has 1 aromatic carbocycles. The normalized spacial score (nSPS) is 10.6. The Kier molecular flexibility index (Phi) is 4.74. The monoisotopic (exact) mass is 317 g/mol. The number of methoxy groups -OCH3 is 1. The maximum absolute atomic E-state index is 12.6. The van der Waals surface area contributed by atoms with Crippen molar-refractivity contribution >= 4 is 16.9 Å². The summed E-state index contributed by atoms with van der Waals surface area (Å²) in [6.07, 6.45) is 1.55. The molecule has 0 spiro atoms. The quantitative estimate of drug-likeness (QED) is 0.677. The molecule has 0 fully saturated rings. The molecule has 0 aliphatic heterocycles. The van der Waals surface area contributed by atoms with Crippen molar-refractivity contribution in [1.82, 2.24) is 4.57 Å². The molecule has 0 amide bonds. The molecule has 0 aliphatic carbocycles. The van der Waals surface area contributed by atoms with Gasteiger partial charge in [0.15, 0.2) is 5.56 Å². The van der Waals surface area contributed by atoms with E-state index in [2.05, 4.69) is 6.58 Å².